The van der Waals surface area contributed by atoms with Crippen molar-refractivity contribution in [3.8, 4) is 0 Å². The maximum absolute atomic E-state index is 12.5. The number of aryl methyl sites for hydroxylation is 1. The first-order valence-corrected chi connectivity index (χ1v) is 8.95. The standard InChI is InChI=1S/C19H18BrN3O3/c1-12-9-14(20)7-8-15(12)21-17(24)11-23-18(25)16(22-19(23)26)10-13-5-3-2-4-6-13/h2-9,16H,10-11H2,1H3,(H,21,24)(H,22,26)/t16-/m0/s1. The molecular weight excluding hydrogens is 398 g/mol. The monoisotopic (exact) mass is 415 g/mol. The predicted octanol–water partition coefficient (Wildman–Crippen LogP) is 2.86. The van der Waals surface area contributed by atoms with E-state index in [1.807, 2.05) is 49.4 Å². The Labute approximate surface area is 159 Å². The van der Waals surface area contributed by atoms with Gasteiger partial charge in [-0.2, -0.15) is 0 Å². The van der Waals surface area contributed by atoms with E-state index in [1.165, 1.54) is 0 Å². The summed E-state index contributed by atoms with van der Waals surface area (Å²) in [6.45, 7) is 1.55. The number of rotatable bonds is 5. The van der Waals surface area contributed by atoms with Gasteiger partial charge in [-0.1, -0.05) is 46.3 Å². The summed E-state index contributed by atoms with van der Waals surface area (Å²) in [5, 5.41) is 5.38. The van der Waals surface area contributed by atoms with Crippen LogP contribution in [-0.2, 0) is 16.0 Å². The van der Waals surface area contributed by atoms with E-state index in [-0.39, 0.29) is 12.5 Å². The Hall–Kier alpha value is -2.67. The van der Waals surface area contributed by atoms with Crippen LogP contribution in [0.25, 0.3) is 0 Å². The average Bonchev–Trinajstić information content (AvgIpc) is 2.86. The Morgan fingerprint density at radius 2 is 1.92 bits per heavy atom. The van der Waals surface area contributed by atoms with Crippen LogP contribution < -0.4 is 10.6 Å². The van der Waals surface area contributed by atoms with Gasteiger partial charge in [-0.05, 0) is 36.2 Å². The highest BCUT2D eigenvalue weighted by molar-refractivity contribution is 9.10. The number of carbonyl (C=O) groups is 3. The van der Waals surface area contributed by atoms with Gasteiger partial charge in [0.2, 0.25) is 5.91 Å². The molecule has 1 aliphatic heterocycles. The van der Waals surface area contributed by atoms with Gasteiger partial charge in [0, 0.05) is 16.6 Å². The first kappa shape index (κ1) is 18.1. The molecule has 0 radical (unpaired) electrons. The number of hydrogen-bond acceptors (Lipinski definition) is 3. The van der Waals surface area contributed by atoms with Crippen LogP contribution in [0.15, 0.2) is 53.0 Å². The number of halogens is 1. The molecule has 2 N–H and O–H groups in total. The van der Waals surface area contributed by atoms with Crippen LogP contribution in [0, 0.1) is 6.92 Å². The second-order valence-electron chi connectivity index (χ2n) is 6.12. The summed E-state index contributed by atoms with van der Waals surface area (Å²) in [6.07, 6.45) is 0.398. The average molecular weight is 416 g/mol. The smallest absolute Gasteiger partial charge is 0.325 e. The minimum absolute atomic E-state index is 0.314. The molecule has 2 aromatic carbocycles. The van der Waals surface area contributed by atoms with E-state index in [2.05, 4.69) is 26.6 Å². The van der Waals surface area contributed by atoms with Crippen LogP contribution in [0.3, 0.4) is 0 Å². The zero-order valence-electron chi connectivity index (χ0n) is 14.2. The highest BCUT2D eigenvalue weighted by atomic mass is 79.9. The molecule has 7 heteroatoms. The maximum atomic E-state index is 12.5. The van der Waals surface area contributed by atoms with Crippen molar-refractivity contribution < 1.29 is 14.4 Å². The molecule has 0 saturated carbocycles. The number of nitrogens with one attached hydrogen (secondary N) is 2. The molecule has 0 spiro atoms. The van der Waals surface area contributed by atoms with Crippen molar-refractivity contribution in [3.05, 3.63) is 64.1 Å². The van der Waals surface area contributed by atoms with E-state index in [1.54, 1.807) is 6.07 Å². The van der Waals surface area contributed by atoms with Gasteiger partial charge in [0.05, 0.1) is 0 Å². The van der Waals surface area contributed by atoms with Gasteiger partial charge in [0.25, 0.3) is 5.91 Å². The Morgan fingerprint density at radius 3 is 2.62 bits per heavy atom. The van der Waals surface area contributed by atoms with E-state index in [4.69, 9.17) is 0 Å². The number of hydrogen-bond donors (Lipinski definition) is 2. The zero-order chi connectivity index (χ0) is 18.7. The van der Waals surface area contributed by atoms with Crippen molar-refractivity contribution in [1.82, 2.24) is 10.2 Å². The van der Waals surface area contributed by atoms with Gasteiger partial charge in [0.1, 0.15) is 12.6 Å². The second kappa shape index (κ2) is 7.70. The maximum Gasteiger partial charge on any atom is 0.325 e. The summed E-state index contributed by atoms with van der Waals surface area (Å²) >= 11 is 3.36. The summed E-state index contributed by atoms with van der Waals surface area (Å²) in [7, 11) is 0. The number of benzene rings is 2. The van der Waals surface area contributed by atoms with E-state index in [0.717, 1.165) is 20.5 Å². The molecule has 1 heterocycles. The highest BCUT2D eigenvalue weighted by Gasteiger charge is 2.38. The van der Waals surface area contributed by atoms with Crippen LogP contribution in [-0.4, -0.2) is 35.3 Å². The lowest BCUT2D eigenvalue weighted by atomic mass is 10.1. The number of amides is 4. The van der Waals surface area contributed by atoms with Crippen LogP contribution in [0.2, 0.25) is 0 Å². The Balaban J connectivity index is 1.63. The first-order valence-electron chi connectivity index (χ1n) is 8.16. The highest BCUT2D eigenvalue weighted by Crippen LogP contribution is 2.20. The Kier molecular flexibility index (Phi) is 5.37. The second-order valence-corrected chi connectivity index (χ2v) is 7.04. The molecule has 1 fully saturated rings. The number of nitrogens with zero attached hydrogens (tertiary/aromatic N) is 1. The van der Waals surface area contributed by atoms with Crippen molar-refractivity contribution in [3.63, 3.8) is 0 Å². The molecule has 1 aliphatic rings. The summed E-state index contributed by atoms with van der Waals surface area (Å²) < 4.78 is 0.908. The lowest BCUT2D eigenvalue weighted by molar-refractivity contribution is -0.130. The van der Waals surface area contributed by atoms with Crippen LogP contribution in [0.5, 0.6) is 0 Å². The van der Waals surface area contributed by atoms with Gasteiger partial charge in [0.15, 0.2) is 0 Å². The molecule has 0 aromatic heterocycles. The van der Waals surface area contributed by atoms with Gasteiger partial charge < -0.3 is 10.6 Å². The minimum atomic E-state index is -0.646. The van der Waals surface area contributed by atoms with Gasteiger partial charge in [-0.3, -0.25) is 14.5 Å². The zero-order valence-corrected chi connectivity index (χ0v) is 15.7. The minimum Gasteiger partial charge on any atom is -0.325 e. The molecule has 134 valence electrons. The topological polar surface area (TPSA) is 78.5 Å². The van der Waals surface area contributed by atoms with Crippen LogP contribution in [0.1, 0.15) is 11.1 Å². The van der Waals surface area contributed by atoms with Crippen molar-refractivity contribution in [1.29, 1.82) is 0 Å². The lowest BCUT2D eigenvalue weighted by Crippen LogP contribution is -2.38. The molecular formula is C19H18BrN3O3. The molecule has 2 aromatic rings. The van der Waals surface area contributed by atoms with E-state index in [9.17, 15) is 14.4 Å². The van der Waals surface area contributed by atoms with Gasteiger partial charge in [-0.25, -0.2) is 4.79 Å². The summed E-state index contributed by atoms with van der Waals surface area (Å²) in [5.74, 6) is -0.805. The fraction of sp³-hybridized carbons (Fsp3) is 0.211. The van der Waals surface area contributed by atoms with E-state index >= 15 is 0 Å². The lowest BCUT2D eigenvalue weighted by Gasteiger charge is -2.14. The molecule has 4 amide bonds. The molecule has 6 nitrogen and oxygen atoms in total. The summed E-state index contributed by atoms with van der Waals surface area (Å²) in [4.78, 5) is 37.8. The predicted molar refractivity (Wildman–Crippen MR) is 102 cm³/mol. The largest absolute Gasteiger partial charge is 0.325 e. The van der Waals surface area contributed by atoms with Gasteiger partial charge >= 0.3 is 6.03 Å². The Morgan fingerprint density at radius 1 is 1.19 bits per heavy atom. The fourth-order valence-corrected chi connectivity index (χ4v) is 3.29. The van der Waals surface area contributed by atoms with Crippen molar-refractivity contribution in [2.24, 2.45) is 0 Å². The third kappa shape index (κ3) is 4.11. The van der Waals surface area contributed by atoms with E-state index < -0.39 is 18.0 Å². The number of imide groups is 1. The molecule has 1 atom stereocenters. The van der Waals surface area contributed by atoms with E-state index in [0.29, 0.717) is 12.1 Å². The summed E-state index contributed by atoms with van der Waals surface area (Å²) in [5.41, 5.74) is 2.47. The third-order valence-corrected chi connectivity index (χ3v) is 4.65. The molecule has 0 bridgehead atoms. The number of urea groups is 1. The van der Waals surface area contributed by atoms with Crippen molar-refractivity contribution in [2.75, 3.05) is 11.9 Å². The number of carbonyl (C=O) groups excluding carboxylic acids is 3. The van der Waals surface area contributed by atoms with Crippen LogP contribution in [0.4, 0.5) is 10.5 Å². The third-order valence-electron chi connectivity index (χ3n) is 4.15. The number of anilines is 1. The van der Waals surface area contributed by atoms with Crippen LogP contribution >= 0.6 is 15.9 Å². The first-order chi connectivity index (χ1) is 12.4. The SMILES string of the molecule is Cc1cc(Br)ccc1NC(=O)CN1C(=O)N[C@@H](Cc2ccccc2)C1=O. The molecule has 0 unspecified atom stereocenters. The molecule has 3 rings (SSSR count). The van der Waals surface area contributed by atoms with Crippen molar-refractivity contribution >= 4 is 39.5 Å². The fourth-order valence-electron chi connectivity index (χ4n) is 2.82. The quantitative estimate of drug-likeness (QED) is 0.736. The molecule has 26 heavy (non-hydrogen) atoms. The Bertz CT molecular complexity index is 854. The molecule has 1 saturated heterocycles. The van der Waals surface area contributed by atoms with Gasteiger partial charge in [-0.15, -0.1) is 0 Å². The molecule has 0 aliphatic carbocycles. The summed E-state index contributed by atoms with van der Waals surface area (Å²) in [6, 6.07) is 13.7. The van der Waals surface area contributed by atoms with Crippen molar-refractivity contribution in [2.45, 2.75) is 19.4 Å². The normalized spacial score (nSPS) is 16.5.